The Hall–Kier alpha value is -2.08. The van der Waals surface area contributed by atoms with Crippen LogP contribution in [0.4, 0.5) is 5.69 Å². The van der Waals surface area contributed by atoms with Crippen LogP contribution in [0.3, 0.4) is 0 Å². The van der Waals surface area contributed by atoms with Crippen molar-refractivity contribution in [1.82, 2.24) is 5.32 Å². The molecule has 1 heterocycles. The van der Waals surface area contributed by atoms with E-state index in [9.17, 15) is 9.59 Å². The maximum atomic E-state index is 11.7. The minimum absolute atomic E-state index is 0.250. The van der Waals surface area contributed by atoms with E-state index in [0.29, 0.717) is 6.42 Å². The average Bonchev–Trinajstić information content (AvgIpc) is 2.54. The Morgan fingerprint density at radius 2 is 1.91 bits per heavy atom. The van der Waals surface area contributed by atoms with Gasteiger partial charge in [0.15, 0.2) is 0 Å². The summed E-state index contributed by atoms with van der Waals surface area (Å²) in [6.07, 6.45) is 0.412. The number of carbonyl (C=O) groups excluding carboxylic acids is 2. The number of hydrogen-bond acceptors (Lipinski definition) is 5. The molecule has 0 unspecified atom stereocenters. The molecule has 0 aliphatic carbocycles. The third-order valence-electron chi connectivity index (χ3n) is 3.62. The fraction of sp³-hybridized carbons (Fsp3) is 0.500. The molecule has 1 atom stereocenters. The molecule has 1 aromatic carbocycles. The van der Waals surface area contributed by atoms with E-state index >= 15 is 0 Å². The van der Waals surface area contributed by atoms with E-state index in [1.54, 1.807) is 0 Å². The number of methoxy groups -OCH3 is 1. The molecule has 6 nitrogen and oxygen atoms in total. The second kappa shape index (κ2) is 7.79. The minimum atomic E-state index is -0.656. The van der Waals surface area contributed by atoms with E-state index in [0.717, 1.165) is 37.6 Å². The van der Waals surface area contributed by atoms with Gasteiger partial charge in [0, 0.05) is 32.1 Å². The first-order valence-electron chi connectivity index (χ1n) is 7.36. The van der Waals surface area contributed by atoms with Gasteiger partial charge < -0.3 is 19.7 Å². The van der Waals surface area contributed by atoms with Crippen LogP contribution in [0.2, 0.25) is 0 Å². The zero-order chi connectivity index (χ0) is 15.9. The molecule has 1 saturated heterocycles. The van der Waals surface area contributed by atoms with Gasteiger partial charge in [0.1, 0.15) is 6.04 Å². The molecule has 0 radical (unpaired) electrons. The number of rotatable bonds is 5. The van der Waals surface area contributed by atoms with Crippen molar-refractivity contribution < 1.29 is 19.1 Å². The number of nitrogens with zero attached hydrogens (tertiary/aromatic N) is 1. The van der Waals surface area contributed by atoms with Crippen LogP contribution in [0, 0.1) is 0 Å². The molecule has 22 heavy (non-hydrogen) atoms. The number of anilines is 1. The number of amides is 1. The highest BCUT2D eigenvalue weighted by molar-refractivity contribution is 5.83. The van der Waals surface area contributed by atoms with Gasteiger partial charge in [0.25, 0.3) is 0 Å². The summed E-state index contributed by atoms with van der Waals surface area (Å²) in [4.78, 5) is 25.2. The zero-order valence-corrected chi connectivity index (χ0v) is 13.0. The van der Waals surface area contributed by atoms with Crippen molar-refractivity contribution in [3.8, 4) is 0 Å². The Morgan fingerprint density at radius 3 is 2.45 bits per heavy atom. The van der Waals surface area contributed by atoms with Crippen LogP contribution in [0.25, 0.3) is 0 Å². The number of hydrogen-bond donors (Lipinski definition) is 1. The number of morpholine rings is 1. The van der Waals surface area contributed by atoms with Gasteiger partial charge in [0.05, 0.1) is 20.3 Å². The maximum Gasteiger partial charge on any atom is 0.328 e. The summed E-state index contributed by atoms with van der Waals surface area (Å²) in [7, 11) is 1.32. The van der Waals surface area contributed by atoms with Crippen LogP contribution >= 0.6 is 0 Å². The molecule has 1 aliphatic heterocycles. The van der Waals surface area contributed by atoms with Crippen molar-refractivity contribution in [1.29, 1.82) is 0 Å². The lowest BCUT2D eigenvalue weighted by atomic mass is 10.1. The SMILES string of the molecule is COC(=O)[C@@H](Cc1ccc(N2CCOCC2)cc1)NC(C)=O. The second-order valence-electron chi connectivity index (χ2n) is 5.25. The summed E-state index contributed by atoms with van der Waals surface area (Å²) in [5.41, 5.74) is 2.11. The third kappa shape index (κ3) is 4.46. The van der Waals surface area contributed by atoms with Gasteiger partial charge in [-0.15, -0.1) is 0 Å². The van der Waals surface area contributed by atoms with Gasteiger partial charge in [-0.25, -0.2) is 4.79 Å². The first-order valence-corrected chi connectivity index (χ1v) is 7.36. The molecule has 1 aromatic rings. The lowest BCUT2D eigenvalue weighted by Gasteiger charge is -2.29. The topological polar surface area (TPSA) is 67.9 Å². The summed E-state index contributed by atoms with van der Waals surface area (Å²) in [6, 6.07) is 7.35. The molecule has 1 fully saturated rings. The van der Waals surface area contributed by atoms with Crippen molar-refractivity contribution in [2.75, 3.05) is 38.3 Å². The van der Waals surface area contributed by atoms with E-state index < -0.39 is 12.0 Å². The summed E-state index contributed by atoms with van der Waals surface area (Å²) < 4.78 is 10.1. The quantitative estimate of drug-likeness (QED) is 0.813. The Morgan fingerprint density at radius 1 is 1.27 bits per heavy atom. The number of nitrogens with one attached hydrogen (secondary N) is 1. The molecule has 1 amide bonds. The van der Waals surface area contributed by atoms with Gasteiger partial charge in [-0.2, -0.15) is 0 Å². The molecule has 0 saturated carbocycles. The smallest absolute Gasteiger partial charge is 0.328 e. The lowest BCUT2D eigenvalue weighted by molar-refractivity contribution is -0.144. The molecule has 0 spiro atoms. The molecular formula is C16H22N2O4. The van der Waals surface area contributed by atoms with Gasteiger partial charge in [0.2, 0.25) is 5.91 Å². The molecule has 120 valence electrons. The van der Waals surface area contributed by atoms with Crippen LogP contribution in [-0.2, 0) is 25.5 Å². The van der Waals surface area contributed by atoms with Crippen molar-refractivity contribution in [3.63, 3.8) is 0 Å². The predicted octanol–water partition coefficient (Wildman–Crippen LogP) is 0.743. The van der Waals surface area contributed by atoms with E-state index in [1.807, 2.05) is 24.3 Å². The highest BCUT2D eigenvalue weighted by Crippen LogP contribution is 2.17. The molecule has 0 bridgehead atoms. The van der Waals surface area contributed by atoms with Gasteiger partial charge in [-0.1, -0.05) is 12.1 Å². The minimum Gasteiger partial charge on any atom is -0.467 e. The Kier molecular flexibility index (Phi) is 5.77. The first kappa shape index (κ1) is 16.3. The van der Waals surface area contributed by atoms with E-state index in [1.165, 1.54) is 14.0 Å². The summed E-state index contributed by atoms with van der Waals surface area (Å²) in [5.74, 6) is -0.687. The molecule has 1 aliphatic rings. The zero-order valence-electron chi connectivity index (χ0n) is 13.0. The van der Waals surface area contributed by atoms with E-state index in [4.69, 9.17) is 9.47 Å². The summed E-state index contributed by atoms with van der Waals surface area (Å²) in [5, 5.41) is 2.62. The van der Waals surface area contributed by atoms with Crippen LogP contribution < -0.4 is 10.2 Å². The lowest BCUT2D eigenvalue weighted by Crippen LogP contribution is -2.42. The summed E-state index contributed by atoms with van der Waals surface area (Å²) >= 11 is 0. The van der Waals surface area contributed by atoms with Crippen molar-refractivity contribution in [2.45, 2.75) is 19.4 Å². The fourth-order valence-corrected chi connectivity index (χ4v) is 2.48. The summed E-state index contributed by atoms with van der Waals surface area (Å²) in [6.45, 7) is 4.65. The Labute approximate surface area is 130 Å². The standard InChI is InChI=1S/C16H22N2O4/c1-12(19)17-15(16(20)21-2)11-13-3-5-14(6-4-13)18-7-9-22-10-8-18/h3-6,15H,7-11H2,1-2H3,(H,17,19)/t15-/m1/s1. The molecule has 1 N–H and O–H groups in total. The highest BCUT2D eigenvalue weighted by atomic mass is 16.5. The highest BCUT2D eigenvalue weighted by Gasteiger charge is 2.20. The van der Waals surface area contributed by atoms with Crippen molar-refractivity contribution in [3.05, 3.63) is 29.8 Å². The monoisotopic (exact) mass is 306 g/mol. The molecule has 0 aromatic heterocycles. The molecule has 6 heteroatoms. The fourth-order valence-electron chi connectivity index (χ4n) is 2.48. The third-order valence-corrected chi connectivity index (χ3v) is 3.62. The number of benzene rings is 1. The van der Waals surface area contributed by atoms with Crippen molar-refractivity contribution in [2.24, 2.45) is 0 Å². The Bertz CT molecular complexity index is 509. The normalized spacial score (nSPS) is 16.0. The van der Waals surface area contributed by atoms with E-state index in [2.05, 4.69) is 10.2 Å². The first-order chi connectivity index (χ1) is 10.6. The number of esters is 1. The average molecular weight is 306 g/mol. The van der Waals surface area contributed by atoms with Crippen LogP contribution in [-0.4, -0.2) is 51.3 Å². The predicted molar refractivity (Wildman–Crippen MR) is 82.8 cm³/mol. The maximum absolute atomic E-state index is 11.7. The Balaban J connectivity index is 2.01. The van der Waals surface area contributed by atoms with Gasteiger partial charge in [-0.05, 0) is 17.7 Å². The van der Waals surface area contributed by atoms with Crippen LogP contribution in [0.15, 0.2) is 24.3 Å². The second-order valence-corrected chi connectivity index (χ2v) is 5.25. The van der Waals surface area contributed by atoms with E-state index in [-0.39, 0.29) is 5.91 Å². The molecular weight excluding hydrogens is 284 g/mol. The number of carbonyl (C=O) groups is 2. The van der Waals surface area contributed by atoms with Crippen LogP contribution in [0.1, 0.15) is 12.5 Å². The van der Waals surface area contributed by atoms with Crippen molar-refractivity contribution >= 4 is 17.6 Å². The molecule has 2 rings (SSSR count). The van der Waals surface area contributed by atoms with Gasteiger partial charge >= 0.3 is 5.97 Å². The number of ether oxygens (including phenoxy) is 2. The largest absolute Gasteiger partial charge is 0.467 e. The van der Waals surface area contributed by atoms with Crippen LogP contribution in [0.5, 0.6) is 0 Å². The van der Waals surface area contributed by atoms with Gasteiger partial charge in [-0.3, -0.25) is 4.79 Å².